The molecule has 0 aliphatic heterocycles. The smallest absolute Gasteiger partial charge is 0.320 e. The zero-order chi connectivity index (χ0) is 11.7. The maximum absolute atomic E-state index is 10.4. The molecule has 0 fully saturated rings. The van der Waals surface area contributed by atoms with E-state index in [1.807, 2.05) is 0 Å². The van der Waals surface area contributed by atoms with Crippen LogP contribution in [0.1, 0.15) is 39.0 Å². The lowest BCUT2D eigenvalue weighted by atomic mass is 10.1. The lowest BCUT2D eigenvalue weighted by molar-refractivity contribution is -0.139. The van der Waals surface area contributed by atoms with Crippen LogP contribution in [0.2, 0.25) is 0 Å². The molecule has 0 aromatic heterocycles. The number of nitrogens with zero attached hydrogens (tertiary/aromatic N) is 1. The maximum Gasteiger partial charge on any atom is 0.320 e. The first kappa shape index (κ1) is 14.3. The molecular formula is C10H22N2O3. The average molecular weight is 218 g/mol. The standard InChI is InChI=1S/C10H22N2O3/c1-2-3-4-7-12(15)8-5-6-9(11)10(13)14/h9,15H,2-8,11H2,1H3,(H,13,14)/t9-/m1/s1. The van der Waals surface area contributed by atoms with E-state index in [2.05, 4.69) is 6.92 Å². The van der Waals surface area contributed by atoms with E-state index in [-0.39, 0.29) is 0 Å². The number of carboxylic acids is 1. The Bertz CT molecular complexity index is 176. The molecule has 5 heteroatoms. The van der Waals surface area contributed by atoms with E-state index >= 15 is 0 Å². The Hall–Kier alpha value is -0.650. The van der Waals surface area contributed by atoms with Crippen LogP contribution in [0.5, 0.6) is 0 Å². The van der Waals surface area contributed by atoms with Crippen LogP contribution >= 0.6 is 0 Å². The number of hydrogen-bond donors (Lipinski definition) is 3. The highest BCUT2D eigenvalue weighted by atomic mass is 16.5. The van der Waals surface area contributed by atoms with Gasteiger partial charge in [-0.15, -0.1) is 0 Å². The van der Waals surface area contributed by atoms with Crippen LogP contribution in [0, 0.1) is 0 Å². The second-order valence-corrected chi connectivity index (χ2v) is 3.75. The van der Waals surface area contributed by atoms with Crippen LogP contribution in [0.25, 0.3) is 0 Å². The highest BCUT2D eigenvalue weighted by Crippen LogP contribution is 2.00. The predicted octanol–water partition coefficient (Wildman–Crippen LogP) is 1.06. The number of hydroxylamine groups is 2. The minimum absolute atomic E-state index is 0.403. The Morgan fingerprint density at radius 2 is 1.93 bits per heavy atom. The molecule has 4 N–H and O–H groups in total. The van der Waals surface area contributed by atoms with Gasteiger partial charge in [-0.25, -0.2) is 0 Å². The molecule has 0 rings (SSSR count). The van der Waals surface area contributed by atoms with Gasteiger partial charge in [0.2, 0.25) is 0 Å². The van der Waals surface area contributed by atoms with Gasteiger partial charge in [-0.1, -0.05) is 19.8 Å². The third-order valence-electron chi connectivity index (χ3n) is 2.27. The zero-order valence-electron chi connectivity index (χ0n) is 9.35. The molecule has 0 heterocycles. The van der Waals surface area contributed by atoms with Crippen molar-refractivity contribution in [1.82, 2.24) is 5.06 Å². The van der Waals surface area contributed by atoms with Crippen LogP contribution in [0.3, 0.4) is 0 Å². The number of unbranched alkanes of at least 4 members (excludes halogenated alkanes) is 2. The Labute approximate surface area is 90.8 Å². The van der Waals surface area contributed by atoms with E-state index in [1.165, 1.54) is 5.06 Å². The number of carbonyl (C=O) groups is 1. The van der Waals surface area contributed by atoms with Gasteiger partial charge in [0.1, 0.15) is 6.04 Å². The molecule has 0 spiro atoms. The molecule has 5 nitrogen and oxygen atoms in total. The van der Waals surface area contributed by atoms with Crippen molar-refractivity contribution in [2.75, 3.05) is 13.1 Å². The molecule has 0 aliphatic rings. The summed E-state index contributed by atoms with van der Waals surface area (Å²) in [6.45, 7) is 3.24. The minimum atomic E-state index is -0.981. The van der Waals surface area contributed by atoms with E-state index < -0.39 is 12.0 Å². The van der Waals surface area contributed by atoms with Crippen LogP contribution < -0.4 is 5.73 Å². The number of rotatable bonds is 9. The largest absolute Gasteiger partial charge is 0.480 e. The molecule has 0 amide bonds. The first-order valence-electron chi connectivity index (χ1n) is 5.50. The van der Waals surface area contributed by atoms with Gasteiger partial charge in [-0.2, -0.15) is 5.06 Å². The Morgan fingerprint density at radius 3 is 2.47 bits per heavy atom. The first-order valence-corrected chi connectivity index (χ1v) is 5.50. The van der Waals surface area contributed by atoms with Crippen molar-refractivity contribution in [3.05, 3.63) is 0 Å². The van der Waals surface area contributed by atoms with Gasteiger partial charge in [0.25, 0.3) is 0 Å². The van der Waals surface area contributed by atoms with Gasteiger partial charge in [0.05, 0.1) is 0 Å². The Kier molecular flexibility index (Phi) is 8.27. The second kappa shape index (κ2) is 8.64. The maximum atomic E-state index is 10.4. The highest BCUT2D eigenvalue weighted by molar-refractivity contribution is 5.72. The topological polar surface area (TPSA) is 86.8 Å². The summed E-state index contributed by atoms with van der Waals surface area (Å²) in [5.41, 5.74) is 5.32. The van der Waals surface area contributed by atoms with E-state index in [0.717, 1.165) is 19.3 Å². The van der Waals surface area contributed by atoms with Gasteiger partial charge in [0, 0.05) is 13.1 Å². The third kappa shape index (κ3) is 8.35. The SMILES string of the molecule is CCCCCN(O)CCC[C@@H](N)C(=O)O. The number of nitrogens with two attached hydrogens (primary N) is 1. The minimum Gasteiger partial charge on any atom is -0.480 e. The highest BCUT2D eigenvalue weighted by Gasteiger charge is 2.11. The summed E-state index contributed by atoms with van der Waals surface area (Å²) in [5, 5.41) is 19.1. The molecule has 0 aromatic carbocycles. The average Bonchev–Trinajstić information content (AvgIpc) is 2.18. The van der Waals surface area contributed by atoms with E-state index in [1.54, 1.807) is 0 Å². The van der Waals surface area contributed by atoms with E-state index in [0.29, 0.717) is 25.9 Å². The fourth-order valence-corrected chi connectivity index (χ4v) is 1.27. The van der Waals surface area contributed by atoms with Crippen molar-refractivity contribution >= 4 is 5.97 Å². The van der Waals surface area contributed by atoms with Crippen molar-refractivity contribution in [2.24, 2.45) is 5.73 Å². The normalized spacial score (nSPS) is 13.1. The van der Waals surface area contributed by atoms with Gasteiger partial charge < -0.3 is 16.0 Å². The lowest BCUT2D eigenvalue weighted by Crippen LogP contribution is -2.31. The van der Waals surface area contributed by atoms with Crippen molar-refractivity contribution in [2.45, 2.75) is 45.1 Å². The molecule has 0 unspecified atom stereocenters. The molecule has 0 radical (unpaired) electrons. The zero-order valence-corrected chi connectivity index (χ0v) is 9.35. The molecule has 0 bridgehead atoms. The van der Waals surface area contributed by atoms with Gasteiger partial charge in [-0.05, 0) is 19.3 Å². The molecule has 0 saturated heterocycles. The Morgan fingerprint density at radius 1 is 1.33 bits per heavy atom. The van der Waals surface area contributed by atoms with Crippen molar-refractivity contribution in [1.29, 1.82) is 0 Å². The molecule has 0 saturated carbocycles. The van der Waals surface area contributed by atoms with Crippen LogP contribution in [-0.4, -0.2) is 40.5 Å². The summed E-state index contributed by atoms with van der Waals surface area (Å²) in [5.74, 6) is -0.981. The van der Waals surface area contributed by atoms with Crippen molar-refractivity contribution in [3.63, 3.8) is 0 Å². The number of carboxylic acid groups (broad SMARTS) is 1. The number of hydrogen-bond acceptors (Lipinski definition) is 4. The molecular weight excluding hydrogens is 196 g/mol. The first-order chi connectivity index (χ1) is 7.07. The van der Waals surface area contributed by atoms with Gasteiger partial charge >= 0.3 is 5.97 Å². The van der Waals surface area contributed by atoms with Crippen molar-refractivity contribution in [3.8, 4) is 0 Å². The fourth-order valence-electron chi connectivity index (χ4n) is 1.27. The molecule has 15 heavy (non-hydrogen) atoms. The second-order valence-electron chi connectivity index (χ2n) is 3.75. The lowest BCUT2D eigenvalue weighted by Gasteiger charge is -2.14. The summed E-state index contributed by atoms with van der Waals surface area (Å²) in [4.78, 5) is 10.4. The summed E-state index contributed by atoms with van der Waals surface area (Å²) < 4.78 is 0. The molecule has 90 valence electrons. The summed E-state index contributed by atoms with van der Waals surface area (Å²) >= 11 is 0. The summed E-state index contributed by atoms with van der Waals surface area (Å²) in [6.07, 6.45) is 4.21. The monoisotopic (exact) mass is 218 g/mol. The third-order valence-corrected chi connectivity index (χ3v) is 2.27. The van der Waals surface area contributed by atoms with Gasteiger partial charge in [-0.3, -0.25) is 4.79 Å². The van der Waals surface area contributed by atoms with E-state index in [9.17, 15) is 10.0 Å². The van der Waals surface area contributed by atoms with Crippen molar-refractivity contribution < 1.29 is 15.1 Å². The van der Waals surface area contributed by atoms with E-state index in [4.69, 9.17) is 10.8 Å². The van der Waals surface area contributed by atoms with Crippen LogP contribution in [0.15, 0.2) is 0 Å². The van der Waals surface area contributed by atoms with Crippen LogP contribution in [-0.2, 0) is 4.79 Å². The summed E-state index contributed by atoms with van der Waals surface area (Å²) in [7, 11) is 0. The molecule has 0 aliphatic carbocycles. The summed E-state index contributed by atoms with van der Waals surface area (Å²) in [6, 6.07) is -0.811. The molecule has 0 aromatic rings. The number of aliphatic carboxylic acids is 1. The predicted molar refractivity (Wildman–Crippen MR) is 57.7 cm³/mol. The quantitative estimate of drug-likeness (QED) is 0.398. The van der Waals surface area contributed by atoms with Gasteiger partial charge in [0.15, 0.2) is 0 Å². The molecule has 1 atom stereocenters. The fraction of sp³-hybridized carbons (Fsp3) is 0.900. The Balaban J connectivity index is 3.38. The van der Waals surface area contributed by atoms with Crippen LogP contribution in [0.4, 0.5) is 0 Å².